The van der Waals surface area contributed by atoms with E-state index in [0.29, 0.717) is 31.1 Å². The highest BCUT2D eigenvalue weighted by Gasteiger charge is 2.38. The highest BCUT2D eigenvalue weighted by atomic mass is 32.1. The first-order valence-corrected chi connectivity index (χ1v) is 11.2. The third-order valence-corrected chi connectivity index (χ3v) is 6.43. The van der Waals surface area contributed by atoms with Crippen molar-refractivity contribution in [2.75, 3.05) is 19.8 Å². The van der Waals surface area contributed by atoms with Gasteiger partial charge in [0.1, 0.15) is 11.0 Å². The fourth-order valence-electron chi connectivity index (χ4n) is 4.08. The summed E-state index contributed by atoms with van der Waals surface area (Å²) < 4.78 is 12.6. The number of likely N-dealkylation sites (tertiary alicyclic amines) is 1. The Bertz CT molecular complexity index is 1000. The van der Waals surface area contributed by atoms with Gasteiger partial charge >= 0.3 is 5.97 Å². The van der Waals surface area contributed by atoms with Gasteiger partial charge in [-0.3, -0.25) is 9.69 Å². The van der Waals surface area contributed by atoms with Crippen molar-refractivity contribution in [3.63, 3.8) is 0 Å². The van der Waals surface area contributed by atoms with Gasteiger partial charge in [-0.25, -0.2) is 4.98 Å². The summed E-state index contributed by atoms with van der Waals surface area (Å²) in [7, 11) is 0. The lowest BCUT2D eigenvalue weighted by Gasteiger charge is -2.30. The molecule has 2 unspecified atom stereocenters. The lowest BCUT2D eigenvalue weighted by Crippen LogP contribution is -2.39. The minimum Gasteiger partial charge on any atom is -0.490 e. The van der Waals surface area contributed by atoms with Gasteiger partial charge in [0.15, 0.2) is 11.5 Å². The molecule has 2 aromatic carbocycles. The summed E-state index contributed by atoms with van der Waals surface area (Å²) >= 11 is 1.62. The number of aliphatic carboxylic acids is 1. The molecule has 2 heterocycles. The normalized spacial score (nSPS) is 17.9. The van der Waals surface area contributed by atoms with Crippen LogP contribution in [0.4, 0.5) is 0 Å². The molecule has 1 aliphatic rings. The van der Waals surface area contributed by atoms with Crippen molar-refractivity contribution in [1.29, 1.82) is 0 Å². The molecule has 0 saturated carbocycles. The molecule has 3 aromatic rings. The van der Waals surface area contributed by atoms with Crippen molar-refractivity contribution in [3.8, 4) is 11.5 Å². The van der Waals surface area contributed by atoms with Crippen LogP contribution < -0.4 is 9.47 Å². The number of ether oxygens (including phenoxy) is 2. The Morgan fingerprint density at radius 3 is 2.70 bits per heavy atom. The van der Waals surface area contributed by atoms with Gasteiger partial charge in [-0.2, -0.15) is 0 Å². The van der Waals surface area contributed by atoms with Gasteiger partial charge in [0.05, 0.1) is 29.5 Å². The lowest BCUT2D eigenvalue weighted by molar-refractivity contribution is -0.142. The lowest BCUT2D eigenvalue weighted by atomic mass is 10.0. The summed E-state index contributed by atoms with van der Waals surface area (Å²) in [5.74, 6) is 0.589. The molecule has 158 valence electrons. The van der Waals surface area contributed by atoms with Gasteiger partial charge in [-0.1, -0.05) is 18.2 Å². The summed E-state index contributed by atoms with van der Waals surface area (Å²) in [5, 5.41) is 10.7. The van der Waals surface area contributed by atoms with Crippen LogP contribution in [-0.4, -0.2) is 46.8 Å². The Morgan fingerprint density at radius 2 is 1.97 bits per heavy atom. The fourth-order valence-corrected chi connectivity index (χ4v) is 5.20. The Labute approximate surface area is 180 Å². The maximum absolute atomic E-state index is 12.0. The second-order valence-electron chi connectivity index (χ2n) is 7.23. The highest BCUT2D eigenvalue weighted by molar-refractivity contribution is 7.18. The number of carboxylic acids is 1. The number of fused-ring (bicyclic) bond motifs is 1. The van der Waals surface area contributed by atoms with E-state index in [9.17, 15) is 9.90 Å². The molecule has 0 radical (unpaired) electrons. The Hall–Kier alpha value is -2.64. The SMILES string of the molecule is CCOc1ccc(C(c2nc3ccccc3s2)N2CCCC2C(=O)O)cc1OCC. The number of benzene rings is 2. The average Bonchev–Trinajstić information content (AvgIpc) is 3.38. The monoisotopic (exact) mass is 426 g/mol. The fraction of sp³-hybridized carbons (Fsp3) is 0.391. The third-order valence-electron chi connectivity index (χ3n) is 5.34. The molecule has 0 spiro atoms. The van der Waals surface area contributed by atoms with E-state index in [1.54, 1.807) is 11.3 Å². The number of thiazole rings is 1. The summed E-state index contributed by atoms with van der Waals surface area (Å²) in [6, 6.07) is 13.1. The molecular weight excluding hydrogens is 400 g/mol. The van der Waals surface area contributed by atoms with Crippen LogP contribution in [0.1, 0.15) is 43.3 Å². The van der Waals surface area contributed by atoms with Gasteiger partial charge in [-0.15, -0.1) is 11.3 Å². The summed E-state index contributed by atoms with van der Waals surface area (Å²) in [6.07, 6.45) is 1.50. The molecule has 1 saturated heterocycles. The number of rotatable bonds is 8. The third kappa shape index (κ3) is 4.00. The van der Waals surface area contributed by atoms with E-state index in [-0.39, 0.29) is 6.04 Å². The van der Waals surface area contributed by atoms with Gasteiger partial charge < -0.3 is 14.6 Å². The molecule has 6 nitrogen and oxygen atoms in total. The largest absolute Gasteiger partial charge is 0.490 e. The van der Waals surface area contributed by atoms with Crippen molar-refractivity contribution in [3.05, 3.63) is 53.0 Å². The van der Waals surface area contributed by atoms with Gasteiger partial charge in [0, 0.05) is 6.54 Å². The first kappa shape index (κ1) is 20.6. The van der Waals surface area contributed by atoms with E-state index in [2.05, 4.69) is 11.0 Å². The van der Waals surface area contributed by atoms with E-state index in [0.717, 1.165) is 33.8 Å². The summed E-state index contributed by atoms with van der Waals surface area (Å²) in [5.41, 5.74) is 1.90. The van der Waals surface area contributed by atoms with Crippen molar-refractivity contribution in [2.45, 2.75) is 38.8 Å². The second-order valence-corrected chi connectivity index (χ2v) is 8.29. The van der Waals surface area contributed by atoms with Gasteiger partial charge in [0.2, 0.25) is 0 Å². The van der Waals surface area contributed by atoms with Crippen LogP contribution in [0.5, 0.6) is 11.5 Å². The molecule has 0 bridgehead atoms. The zero-order valence-electron chi connectivity index (χ0n) is 17.2. The summed E-state index contributed by atoms with van der Waals surface area (Å²) in [4.78, 5) is 18.9. The minimum absolute atomic E-state index is 0.249. The van der Waals surface area contributed by atoms with Crippen LogP contribution in [0.3, 0.4) is 0 Å². The minimum atomic E-state index is -0.783. The Balaban J connectivity index is 1.83. The highest BCUT2D eigenvalue weighted by Crippen LogP contribution is 2.41. The molecule has 4 rings (SSSR count). The predicted octanol–water partition coefficient (Wildman–Crippen LogP) is 4.73. The zero-order valence-corrected chi connectivity index (χ0v) is 18.0. The Kier molecular flexibility index (Phi) is 6.20. The number of para-hydroxylation sites is 1. The molecular formula is C23H26N2O4S. The van der Waals surface area contributed by atoms with Crippen molar-refractivity contribution in [2.24, 2.45) is 0 Å². The van der Waals surface area contributed by atoms with E-state index in [1.165, 1.54) is 0 Å². The maximum atomic E-state index is 12.0. The van der Waals surface area contributed by atoms with Crippen LogP contribution in [0, 0.1) is 0 Å². The predicted molar refractivity (Wildman–Crippen MR) is 118 cm³/mol. The van der Waals surface area contributed by atoms with Crippen LogP contribution in [0.2, 0.25) is 0 Å². The molecule has 1 aliphatic heterocycles. The molecule has 7 heteroatoms. The smallest absolute Gasteiger partial charge is 0.320 e. The molecule has 1 N–H and O–H groups in total. The zero-order chi connectivity index (χ0) is 21.1. The standard InChI is InChI=1S/C23H26N2O4S/c1-3-28-18-12-11-15(14-19(18)29-4-2)21(25-13-7-9-17(25)23(26)27)22-24-16-8-5-6-10-20(16)30-22/h5-6,8,10-12,14,17,21H,3-4,7,9,13H2,1-2H3,(H,26,27). The number of nitrogens with zero attached hydrogens (tertiary/aromatic N) is 2. The van der Waals surface area contributed by atoms with E-state index in [1.807, 2.05) is 50.2 Å². The van der Waals surface area contributed by atoms with Crippen LogP contribution in [0.25, 0.3) is 10.2 Å². The number of carbonyl (C=O) groups is 1. The topological polar surface area (TPSA) is 71.9 Å². The van der Waals surface area contributed by atoms with Crippen molar-refractivity contribution in [1.82, 2.24) is 9.88 Å². The molecule has 1 fully saturated rings. The molecule has 2 atom stereocenters. The maximum Gasteiger partial charge on any atom is 0.320 e. The number of aromatic nitrogens is 1. The van der Waals surface area contributed by atoms with Gasteiger partial charge in [-0.05, 0) is 56.5 Å². The molecule has 1 aromatic heterocycles. The number of hydrogen-bond acceptors (Lipinski definition) is 6. The van der Waals surface area contributed by atoms with E-state index >= 15 is 0 Å². The number of hydrogen-bond donors (Lipinski definition) is 1. The average molecular weight is 427 g/mol. The van der Waals surface area contributed by atoms with Gasteiger partial charge in [0.25, 0.3) is 0 Å². The number of carboxylic acid groups (broad SMARTS) is 1. The molecule has 0 aliphatic carbocycles. The molecule has 30 heavy (non-hydrogen) atoms. The molecule has 0 amide bonds. The van der Waals surface area contributed by atoms with Crippen LogP contribution >= 0.6 is 11.3 Å². The Morgan fingerprint density at radius 1 is 1.20 bits per heavy atom. The summed E-state index contributed by atoms with van der Waals surface area (Å²) in [6.45, 7) is 5.67. The van der Waals surface area contributed by atoms with Crippen LogP contribution in [0.15, 0.2) is 42.5 Å². The van der Waals surface area contributed by atoms with Crippen molar-refractivity contribution < 1.29 is 19.4 Å². The van der Waals surface area contributed by atoms with E-state index < -0.39 is 12.0 Å². The quantitative estimate of drug-likeness (QED) is 0.561. The van der Waals surface area contributed by atoms with Crippen LogP contribution in [-0.2, 0) is 4.79 Å². The first-order chi connectivity index (χ1) is 14.6. The second kappa shape index (κ2) is 9.02. The first-order valence-electron chi connectivity index (χ1n) is 10.4. The van der Waals surface area contributed by atoms with Crippen molar-refractivity contribution >= 4 is 27.5 Å². The van der Waals surface area contributed by atoms with E-state index in [4.69, 9.17) is 14.5 Å².